The van der Waals surface area contributed by atoms with Crippen LogP contribution in [-0.2, 0) is 4.79 Å². The summed E-state index contributed by atoms with van der Waals surface area (Å²) in [6, 6.07) is 9.31. The van der Waals surface area contributed by atoms with Crippen LogP contribution in [0.4, 0.5) is 5.69 Å². The van der Waals surface area contributed by atoms with E-state index in [1.54, 1.807) is 6.92 Å². The van der Waals surface area contributed by atoms with E-state index in [1.165, 1.54) is 0 Å². The molecule has 0 unspecified atom stereocenters. The largest absolute Gasteiger partial charge is 0.322 e. The Morgan fingerprint density at radius 3 is 2.42 bits per heavy atom. The zero-order chi connectivity index (χ0) is 8.97. The number of hydrogen-bond acceptors (Lipinski definition) is 1. The second-order valence-corrected chi connectivity index (χ2v) is 2.60. The van der Waals surface area contributed by atoms with Crippen LogP contribution in [0.2, 0.25) is 0 Å². The van der Waals surface area contributed by atoms with Crippen molar-refractivity contribution < 1.29 is 4.79 Å². The first-order chi connectivity index (χ1) is 5.70. The van der Waals surface area contributed by atoms with E-state index < -0.39 is 0 Å². The van der Waals surface area contributed by atoms with E-state index in [-0.39, 0.29) is 5.91 Å². The Morgan fingerprint density at radius 1 is 1.33 bits per heavy atom. The number of carbonyl (C=O) groups excluding carboxylic acids is 1. The van der Waals surface area contributed by atoms with Crippen LogP contribution >= 0.6 is 0 Å². The van der Waals surface area contributed by atoms with E-state index in [4.69, 9.17) is 0 Å². The number of benzene rings is 1. The molecule has 1 amide bonds. The molecule has 0 atom stereocenters. The molecule has 2 nitrogen and oxygen atoms in total. The van der Waals surface area contributed by atoms with Gasteiger partial charge < -0.3 is 5.32 Å². The first-order valence-electron chi connectivity index (χ1n) is 3.72. The highest BCUT2D eigenvalue weighted by Crippen LogP contribution is 2.05. The Bertz CT molecular complexity index is 290. The molecule has 0 saturated carbocycles. The van der Waals surface area contributed by atoms with Crippen LogP contribution < -0.4 is 5.32 Å². The molecule has 0 aliphatic rings. The van der Waals surface area contributed by atoms with Crippen LogP contribution in [0, 0.1) is 0 Å². The molecule has 1 aromatic carbocycles. The molecule has 0 aliphatic heterocycles. The standard InChI is InChI=1S/C10H11NO/c1-8(2)10(12)11-9-6-4-3-5-7-9/h3-7H,1H2,2H3,(H,11,12). The monoisotopic (exact) mass is 161 g/mol. The van der Waals surface area contributed by atoms with E-state index in [2.05, 4.69) is 11.9 Å². The van der Waals surface area contributed by atoms with Gasteiger partial charge in [0, 0.05) is 11.3 Å². The lowest BCUT2D eigenvalue weighted by Crippen LogP contribution is -2.11. The maximum atomic E-state index is 11.1. The lowest BCUT2D eigenvalue weighted by molar-refractivity contribution is -0.112. The van der Waals surface area contributed by atoms with E-state index >= 15 is 0 Å². The summed E-state index contributed by atoms with van der Waals surface area (Å²) in [5, 5.41) is 2.70. The van der Waals surface area contributed by atoms with Gasteiger partial charge in [-0.05, 0) is 19.1 Å². The molecule has 0 radical (unpaired) electrons. The molecule has 62 valence electrons. The molecule has 0 aliphatic carbocycles. The minimum absolute atomic E-state index is 0.138. The van der Waals surface area contributed by atoms with Gasteiger partial charge in [0.1, 0.15) is 0 Å². The third kappa shape index (κ3) is 2.23. The number of carbonyl (C=O) groups is 1. The third-order valence-electron chi connectivity index (χ3n) is 1.42. The van der Waals surface area contributed by atoms with Crippen LogP contribution in [0.15, 0.2) is 42.5 Å². The molecular weight excluding hydrogens is 150 g/mol. The minimum Gasteiger partial charge on any atom is -0.322 e. The Morgan fingerprint density at radius 2 is 1.92 bits per heavy atom. The van der Waals surface area contributed by atoms with Gasteiger partial charge in [0.2, 0.25) is 0 Å². The second kappa shape index (κ2) is 3.72. The van der Waals surface area contributed by atoms with Crippen molar-refractivity contribution in [2.45, 2.75) is 6.92 Å². The maximum Gasteiger partial charge on any atom is 0.250 e. The van der Waals surface area contributed by atoms with E-state index in [1.807, 2.05) is 30.3 Å². The highest BCUT2D eigenvalue weighted by atomic mass is 16.1. The Balaban J connectivity index is 2.65. The predicted molar refractivity (Wildman–Crippen MR) is 49.9 cm³/mol. The lowest BCUT2D eigenvalue weighted by atomic mass is 10.3. The van der Waals surface area contributed by atoms with Crippen LogP contribution in [0.25, 0.3) is 0 Å². The Hall–Kier alpha value is -1.57. The summed E-state index contributed by atoms with van der Waals surface area (Å²) < 4.78 is 0. The van der Waals surface area contributed by atoms with Gasteiger partial charge in [0.05, 0.1) is 0 Å². The SMILES string of the molecule is C=C(C)C(=O)Nc1ccccc1. The summed E-state index contributed by atoms with van der Waals surface area (Å²) in [5.41, 5.74) is 1.31. The maximum absolute atomic E-state index is 11.1. The molecule has 1 N–H and O–H groups in total. The summed E-state index contributed by atoms with van der Waals surface area (Å²) in [6.07, 6.45) is 0. The van der Waals surface area contributed by atoms with Crippen molar-refractivity contribution in [3.8, 4) is 0 Å². The van der Waals surface area contributed by atoms with Crippen molar-refractivity contribution in [2.75, 3.05) is 5.32 Å². The molecule has 1 aromatic rings. The average Bonchev–Trinajstić information content (AvgIpc) is 2.06. The third-order valence-corrected chi connectivity index (χ3v) is 1.42. The lowest BCUT2D eigenvalue weighted by Gasteiger charge is -2.02. The zero-order valence-electron chi connectivity index (χ0n) is 7.00. The summed E-state index contributed by atoms with van der Waals surface area (Å²) in [7, 11) is 0. The van der Waals surface area contributed by atoms with Crippen molar-refractivity contribution in [3.63, 3.8) is 0 Å². The fourth-order valence-electron chi connectivity index (χ4n) is 0.759. The van der Waals surface area contributed by atoms with Gasteiger partial charge in [-0.25, -0.2) is 0 Å². The molecule has 0 saturated heterocycles. The van der Waals surface area contributed by atoms with Crippen LogP contribution in [0.3, 0.4) is 0 Å². The highest BCUT2D eigenvalue weighted by molar-refractivity contribution is 6.02. The molecule has 1 rings (SSSR count). The smallest absolute Gasteiger partial charge is 0.250 e. The second-order valence-electron chi connectivity index (χ2n) is 2.60. The molecule has 12 heavy (non-hydrogen) atoms. The first-order valence-corrected chi connectivity index (χ1v) is 3.72. The van der Waals surface area contributed by atoms with E-state index in [0.29, 0.717) is 5.57 Å². The van der Waals surface area contributed by atoms with Gasteiger partial charge >= 0.3 is 0 Å². The molecule has 0 aromatic heterocycles. The van der Waals surface area contributed by atoms with Crippen molar-refractivity contribution >= 4 is 11.6 Å². The van der Waals surface area contributed by atoms with Crippen molar-refractivity contribution in [1.82, 2.24) is 0 Å². The predicted octanol–water partition coefficient (Wildman–Crippen LogP) is 2.20. The summed E-state index contributed by atoms with van der Waals surface area (Å²) in [4.78, 5) is 11.1. The number of nitrogens with one attached hydrogen (secondary N) is 1. The molecular formula is C10H11NO. The number of amides is 1. The fourth-order valence-corrected chi connectivity index (χ4v) is 0.759. The quantitative estimate of drug-likeness (QED) is 0.662. The van der Waals surface area contributed by atoms with Crippen LogP contribution in [0.1, 0.15) is 6.92 Å². The van der Waals surface area contributed by atoms with E-state index in [9.17, 15) is 4.79 Å². The van der Waals surface area contributed by atoms with Crippen molar-refractivity contribution in [3.05, 3.63) is 42.5 Å². The molecule has 0 fully saturated rings. The number of rotatable bonds is 2. The normalized spacial score (nSPS) is 9.08. The van der Waals surface area contributed by atoms with Gasteiger partial charge in [0.25, 0.3) is 5.91 Å². The average molecular weight is 161 g/mol. The zero-order valence-corrected chi connectivity index (χ0v) is 7.00. The van der Waals surface area contributed by atoms with Gasteiger partial charge in [-0.3, -0.25) is 4.79 Å². The molecule has 0 heterocycles. The number of para-hydroxylation sites is 1. The summed E-state index contributed by atoms with van der Waals surface area (Å²) in [5.74, 6) is -0.138. The number of hydrogen-bond donors (Lipinski definition) is 1. The molecule has 2 heteroatoms. The van der Waals surface area contributed by atoms with Gasteiger partial charge in [-0.15, -0.1) is 0 Å². The Labute approximate surface area is 71.9 Å². The van der Waals surface area contributed by atoms with Gasteiger partial charge in [-0.2, -0.15) is 0 Å². The van der Waals surface area contributed by atoms with Crippen molar-refractivity contribution in [1.29, 1.82) is 0 Å². The fraction of sp³-hybridized carbons (Fsp3) is 0.100. The summed E-state index contributed by atoms with van der Waals surface area (Å²) in [6.45, 7) is 5.22. The summed E-state index contributed by atoms with van der Waals surface area (Å²) >= 11 is 0. The van der Waals surface area contributed by atoms with Gasteiger partial charge in [-0.1, -0.05) is 24.8 Å². The first kappa shape index (κ1) is 8.53. The van der Waals surface area contributed by atoms with Gasteiger partial charge in [0.15, 0.2) is 0 Å². The number of anilines is 1. The van der Waals surface area contributed by atoms with Crippen LogP contribution in [-0.4, -0.2) is 5.91 Å². The van der Waals surface area contributed by atoms with Crippen LogP contribution in [0.5, 0.6) is 0 Å². The highest BCUT2D eigenvalue weighted by Gasteiger charge is 2.00. The minimum atomic E-state index is -0.138. The van der Waals surface area contributed by atoms with Crippen molar-refractivity contribution in [2.24, 2.45) is 0 Å². The molecule has 0 bridgehead atoms. The topological polar surface area (TPSA) is 29.1 Å². The van der Waals surface area contributed by atoms with E-state index in [0.717, 1.165) is 5.69 Å². The molecule has 0 spiro atoms. The Kier molecular flexibility index (Phi) is 2.64.